The lowest BCUT2D eigenvalue weighted by Gasteiger charge is -2.11. The number of rotatable bonds is 6. The number of nitrogens with one attached hydrogen (secondary N) is 1. The van der Waals surface area contributed by atoms with Gasteiger partial charge in [-0.05, 0) is 31.2 Å². The number of nitrogens with zero attached hydrogens (tertiary/aromatic N) is 4. The van der Waals surface area contributed by atoms with Gasteiger partial charge in [-0.3, -0.25) is 9.20 Å². The molecule has 1 atom stereocenters. The smallest absolute Gasteiger partial charge is 0.221 e. The SMILES string of the molecule is CC(NC(=O)CCc1ncc(-c2ccc(F)cc2F)o1)c1nnc2ccccn12. The van der Waals surface area contributed by atoms with Gasteiger partial charge in [-0.2, -0.15) is 0 Å². The number of fused-ring (bicyclic) bond motifs is 1. The lowest BCUT2D eigenvalue weighted by Crippen LogP contribution is -2.28. The predicted octanol–water partition coefficient (Wildman–Crippen LogP) is 3.47. The highest BCUT2D eigenvalue weighted by Gasteiger charge is 2.17. The summed E-state index contributed by atoms with van der Waals surface area (Å²) in [6.45, 7) is 1.82. The summed E-state index contributed by atoms with van der Waals surface area (Å²) in [5.41, 5.74) is 0.811. The second-order valence-electron chi connectivity index (χ2n) is 6.52. The van der Waals surface area contributed by atoms with Crippen molar-refractivity contribution in [1.82, 2.24) is 24.9 Å². The molecule has 0 fully saturated rings. The van der Waals surface area contributed by atoms with Gasteiger partial charge in [0.15, 0.2) is 23.1 Å². The van der Waals surface area contributed by atoms with Gasteiger partial charge in [0.2, 0.25) is 5.91 Å². The first-order valence-electron chi connectivity index (χ1n) is 9.00. The number of oxazole rings is 1. The molecule has 4 aromatic rings. The Bertz CT molecular complexity index is 1170. The molecular weight excluding hydrogens is 380 g/mol. The Morgan fingerprint density at radius 1 is 1.24 bits per heavy atom. The molecule has 3 aromatic heterocycles. The Labute approximate surface area is 164 Å². The molecular formula is C20H17F2N5O2. The quantitative estimate of drug-likeness (QED) is 0.538. The molecule has 1 aromatic carbocycles. The first-order valence-corrected chi connectivity index (χ1v) is 9.00. The van der Waals surface area contributed by atoms with Crippen molar-refractivity contribution in [3.05, 3.63) is 72.1 Å². The van der Waals surface area contributed by atoms with Crippen LogP contribution < -0.4 is 5.32 Å². The molecule has 3 heterocycles. The molecule has 0 spiro atoms. The Morgan fingerprint density at radius 3 is 2.93 bits per heavy atom. The molecule has 0 radical (unpaired) electrons. The monoisotopic (exact) mass is 397 g/mol. The molecule has 148 valence electrons. The number of carbonyl (C=O) groups is 1. The molecule has 0 aliphatic carbocycles. The van der Waals surface area contributed by atoms with Gasteiger partial charge in [-0.15, -0.1) is 10.2 Å². The molecule has 1 amide bonds. The van der Waals surface area contributed by atoms with Crippen LogP contribution in [0.3, 0.4) is 0 Å². The normalized spacial score (nSPS) is 12.2. The van der Waals surface area contributed by atoms with Crippen LogP contribution in [0.2, 0.25) is 0 Å². The van der Waals surface area contributed by atoms with E-state index in [0.29, 0.717) is 17.4 Å². The maximum absolute atomic E-state index is 13.8. The van der Waals surface area contributed by atoms with Gasteiger partial charge in [-0.25, -0.2) is 13.8 Å². The minimum atomic E-state index is -0.736. The molecule has 1 N–H and O–H groups in total. The first-order chi connectivity index (χ1) is 14.0. The fraction of sp³-hybridized carbons (Fsp3) is 0.200. The van der Waals surface area contributed by atoms with Gasteiger partial charge in [0.05, 0.1) is 17.8 Å². The number of carbonyl (C=O) groups excluding carboxylic acids is 1. The molecule has 1 unspecified atom stereocenters. The number of hydrogen-bond donors (Lipinski definition) is 1. The summed E-state index contributed by atoms with van der Waals surface area (Å²) in [4.78, 5) is 16.4. The summed E-state index contributed by atoms with van der Waals surface area (Å²) >= 11 is 0. The third-order valence-corrected chi connectivity index (χ3v) is 4.42. The van der Waals surface area contributed by atoms with E-state index in [2.05, 4.69) is 20.5 Å². The van der Waals surface area contributed by atoms with Gasteiger partial charge in [0, 0.05) is 25.1 Å². The second-order valence-corrected chi connectivity index (χ2v) is 6.52. The van der Waals surface area contributed by atoms with Crippen LogP contribution in [0, 0.1) is 11.6 Å². The Morgan fingerprint density at radius 2 is 2.10 bits per heavy atom. The highest BCUT2D eigenvalue weighted by atomic mass is 19.1. The third kappa shape index (κ3) is 3.98. The largest absolute Gasteiger partial charge is 0.441 e. The summed E-state index contributed by atoms with van der Waals surface area (Å²) in [7, 11) is 0. The highest BCUT2D eigenvalue weighted by molar-refractivity contribution is 5.76. The minimum Gasteiger partial charge on any atom is -0.441 e. The predicted molar refractivity (Wildman–Crippen MR) is 99.7 cm³/mol. The van der Waals surface area contributed by atoms with E-state index >= 15 is 0 Å². The maximum atomic E-state index is 13.8. The van der Waals surface area contributed by atoms with E-state index in [1.165, 1.54) is 12.3 Å². The Kier molecular flexibility index (Phi) is 5.03. The number of benzene rings is 1. The van der Waals surface area contributed by atoms with Gasteiger partial charge in [-0.1, -0.05) is 6.07 Å². The van der Waals surface area contributed by atoms with Crippen molar-refractivity contribution in [2.75, 3.05) is 0 Å². The number of halogens is 2. The van der Waals surface area contributed by atoms with Crippen molar-refractivity contribution in [3.63, 3.8) is 0 Å². The van der Waals surface area contributed by atoms with Gasteiger partial charge >= 0.3 is 0 Å². The zero-order chi connectivity index (χ0) is 20.4. The van der Waals surface area contributed by atoms with Gasteiger partial charge in [0.25, 0.3) is 0 Å². The summed E-state index contributed by atoms with van der Waals surface area (Å²) < 4.78 is 34.2. The Hall–Kier alpha value is -3.62. The second kappa shape index (κ2) is 7.78. The van der Waals surface area contributed by atoms with E-state index in [4.69, 9.17) is 4.42 Å². The van der Waals surface area contributed by atoms with E-state index < -0.39 is 11.6 Å². The van der Waals surface area contributed by atoms with Crippen LogP contribution in [0.5, 0.6) is 0 Å². The highest BCUT2D eigenvalue weighted by Crippen LogP contribution is 2.24. The zero-order valence-electron chi connectivity index (χ0n) is 15.5. The van der Waals surface area contributed by atoms with E-state index in [0.717, 1.165) is 12.1 Å². The average molecular weight is 397 g/mol. The van der Waals surface area contributed by atoms with Crippen molar-refractivity contribution < 1.29 is 18.0 Å². The molecule has 0 aliphatic rings. The molecule has 29 heavy (non-hydrogen) atoms. The van der Waals surface area contributed by atoms with Crippen LogP contribution in [-0.2, 0) is 11.2 Å². The number of amides is 1. The number of pyridine rings is 1. The van der Waals surface area contributed by atoms with Crippen molar-refractivity contribution >= 4 is 11.6 Å². The molecule has 0 saturated heterocycles. The number of hydrogen-bond acceptors (Lipinski definition) is 5. The summed E-state index contributed by atoms with van der Waals surface area (Å²) in [5.74, 6) is -0.519. The fourth-order valence-corrected chi connectivity index (χ4v) is 2.99. The Balaban J connectivity index is 1.37. The van der Waals surface area contributed by atoms with E-state index in [1.54, 1.807) is 0 Å². The van der Waals surface area contributed by atoms with Gasteiger partial charge in [0.1, 0.15) is 11.6 Å². The molecule has 0 aliphatic heterocycles. The summed E-state index contributed by atoms with van der Waals surface area (Å²) in [5, 5.41) is 11.1. The van der Waals surface area contributed by atoms with E-state index in [-0.39, 0.29) is 36.1 Å². The van der Waals surface area contributed by atoms with Crippen LogP contribution in [0.4, 0.5) is 8.78 Å². The summed E-state index contributed by atoms with van der Waals surface area (Å²) in [6.07, 6.45) is 3.56. The first kappa shape index (κ1) is 18.7. The number of aryl methyl sites for hydroxylation is 1. The maximum Gasteiger partial charge on any atom is 0.221 e. The zero-order valence-corrected chi connectivity index (χ0v) is 15.5. The topological polar surface area (TPSA) is 85.3 Å². The molecule has 4 rings (SSSR count). The third-order valence-electron chi connectivity index (χ3n) is 4.42. The minimum absolute atomic E-state index is 0.113. The molecule has 7 nitrogen and oxygen atoms in total. The standard InChI is InChI=1S/C20H17F2N5O2/c1-12(20-26-25-17-4-2-3-9-27(17)20)24-18(28)7-8-19-23-11-16(29-19)14-6-5-13(21)10-15(14)22/h2-6,9-12H,7-8H2,1H3,(H,24,28). The van der Waals surface area contributed by atoms with Crippen molar-refractivity contribution in [1.29, 1.82) is 0 Å². The van der Waals surface area contributed by atoms with Crippen molar-refractivity contribution in [3.8, 4) is 11.3 Å². The molecule has 9 heteroatoms. The van der Waals surface area contributed by atoms with Crippen LogP contribution in [0.15, 0.2) is 53.2 Å². The van der Waals surface area contributed by atoms with E-state index in [9.17, 15) is 13.6 Å². The lowest BCUT2D eigenvalue weighted by atomic mass is 10.2. The van der Waals surface area contributed by atoms with Crippen LogP contribution in [-0.4, -0.2) is 25.5 Å². The summed E-state index contributed by atoms with van der Waals surface area (Å²) in [6, 6.07) is 8.41. The van der Waals surface area contributed by atoms with Crippen LogP contribution >= 0.6 is 0 Å². The average Bonchev–Trinajstić information content (AvgIpc) is 3.33. The molecule has 0 saturated carbocycles. The van der Waals surface area contributed by atoms with Crippen LogP contribution in [0.25, 0.3) is 17.0 Å². The fourth-order valence-electron chi connectivity index (χ4n) is 2.99. The van der Waals surface area contributed by atoms with E-state index in [1.807, 2.05) is 35.7 Å². The van der Waals surface area contributed by atoms with Crippen LogP contribution in [0.1, 0.15) is 31.1 Å². The van der Waals surface area contributed by atoms with Gasteiger partial charge < -0.3 is 9.73 Å². The lowest BCUT2D eigenvalue weighted by molar-refractivity contribution is -0.121. The van der Waals surface area contributed by atoms with Crippen molar-refractivity contribution in [2.24, 2.45) is 0 Å². The van der Waals surface area contributed by atoms with Crippen molar-refractivity contribution in [2.45, 2.75) is 25.8 Å². The number of aromatic nitrogens is 4. The molecule has 0 bridgehead atoms.